The molecular weight excluding hydrogens is 232 g/mol. The molecular formula is C11H19F2NO3. The molecule has 0 bridgehead atoms. The lowest BCUT2D eigenvalue weighted by atomic mass is 10.1. The van der Waals surface area contributed by atoms with Crippen molar-refractivity contribution in [2.24, 2.45) is 0 Å². The summed E-state index contributed by atoms with van der Waals surface area (Å²) in [5, 5.41) is 0. The van der Waals surface area contributed by atoms with Crippen LogP contribution in [0.1, 0.15) is 27.2 Å². The Hall–Kier alpha value is -0.910. The van der Waals surface area contributed by atoms with E-state index in [1.807, 2.05) is 0 Å². The maximum atomic E-state index is 13.5. The second kappa shape index (κ2) is 4.76. The fraction of sp³-hybridized carbons (Fsp3) is 0.909. The highest BCUT2D eigenvalue weighted by Crippen LogP contribution is 2.34. The summed E-state index contributed by atoms with van der Waals surface area (Å²) in [4.78, 5) is 12.8. The lowest BCUT2D eigenvalue weighted by Gasteiger charge is -2.29. The van der Waals surface area contributed by atoms with E-state index in [9.17, 15) is 13.6 Å². The highest BCUT2D eigenvalue weighted by Gasteiger charge is 2.51. The maximum absolute atomic E-state index is 13.5. The molecule has 1 amide bonds. The summed E-state index contributed by atoms with van der Waals surface area (Å²) in [5.74, 6) is -2.91. The molecule has 0 aliphatic carbocycles. The molecule has 0 saturated carbocycles. The SMILES string of the molecule is COCC1N(C(=O)OC(C)(C)C)CCC1(F)F. The first kappa shape index (κ1) is 14.2. The van der Waals surface area contributed by atoms with Crippen LogP contribution in [-0.2, 0) is 9.47 Å². The second-order valence-electron chi connectivity index (χ2n) is 5.16. The van der Waals surface area contributed by atoms with Crippen LogP contribution in [0.3, 0.4) is 0 Å². The summed E-state index contributed by atoms with van der Waals surface area (Å²) < 4.78 is 36.9. The zero-order chi connectivity index (χ0) is 13.3. The molecule has 1 heterocycles. The quantitative estimate of drug-likeness (QED) is 0.755. The highest BCUT2D eigenvalue weighted by molar-refractivity contribution is 5.69. The first-order valence-corrected chi connectivity index (χ1v) is 5.54. The Bertz CT molecular complexity index is 289. The summed E-state index contributed by atoms with van der Waals surface area (Å²) >= 11 is 0. The molecule has 0 aromatic carbocycles. The Kier molecular flexibility index (Phi) is 3.96. The van der Waals surface area contributed by atoms with Crippen molar-refractivity contribution in [3.8, 4) is 0 Å². The molecule has 4 nitrogen and oxygen atoms in total. The fourth-order valence-corrected chi connectivity index (χ4v) is 1.73. The molecule has 1 rings (SSSR count). The summed E-state index contributed by atoms with van der Waals surface area (Å²) in [6.07, 6.45) is -1.06. The van der Waals surface area contributed by atoms with E-state index in [2.05, 4.69) is 0 Å². The van der Waals surface area contributed by atoms with Gasteiger partial charge in [0.05, 0.1) is 6.61 Å². The van der Waals surface area contributed by atoms with Crippen LogP contribution in [0.25, 0.3) is 0 Å². The van der Waals surface area contributed by atoms with Gasteiger partial charge in [-0.3, -0.25) is 4.90 Å². The number of likely N-dealkylation sites (tertiary alicyclic amines) is 1. The highest BCUT2D eigenvalue weighted by atomic mass is 19.3. The van der Waals surface area contributed by atoms with Crippen LogP contribution in [-0.4, -0.2) is 48.8 Å². The Balaban J connectivity index is 2.73. The molecule has 1 aliphatic heterocycles. The summed E-state index contributed by atoms with van der Waals surface area (Å²) in [7, 11) is 1.33. The first-order valence-electron chi connectivity index (χ1n) is 5.54. The normalized spacial score (nSPS) is 23.9. The van der Waals surface area contributed by atoms with Crippen molar-refractivity contribution in [1.29, 1.82) is 0 Å². The van der Waals surface area contributed by atoms with Gasteiger partial charge in [0.1, 0.15) is 11.6 Å². The van der Waals surface area contributed by atoms with Gasteiger partial charge in [0, 0.05) is 20.1 Å². The number of ether oxygens (including phenoxy) is 2. The number of hydrogen-bond donors (Lipinski definition) is 0. The predicted molar refractivity (Wildman–Crippen MR) is 58.2 cm³/mol. The number of rotatable bonds is 2. The Morgan fingerprint density at radius 3 is 2.53 bits per heavy atom. The van der Waals surface area contributed by atoms with Gasteiger partial charge in [0.2, 0.25) is 0 Å². The molecule has 0 radical (unpaired) electrons. The lowest BCUT2D eigenvalue weighted by Crippen LogP contribution is -2.47. The topological polar surface area (TPSA) is 38.8 Å². The largest absolute Gasteiger partial charge is 0.444 e. The Labute approximate surface area is 99.9 Å². The van der Waals surface area contributed by atoms with Crippen LogP contribution in [0.15, 0.2) is 0 Å². The van der Waals surface area contributed by atoms with E-state index in [1.54, 1.807) is 20.8 Å². The minimum absolute atomic E-state index is 0.00403. The van der Waals surface area contributed by atoms with Crippen molar-refractivity contribution < 1.29 is 23.0 Å². The van der Waals surface area contributed by atoms with Gasteiger partial charge in [-0.2, -0.15) is 0 Å². The third-order valence-corrected chi connectivity index (χ3v) is 2.50. The van der Waals surface area contributed by atoms with E-state index in [0.717, 1.165) is 4.90 Å². The molecule has 0 spiro atoms. The van der Waals surface area contributed by atoms with Gasteiger partial charge in [0.15, 0.2) is 0 Å². The number of methoxy groups -OCH3 is 1. The number of halogens is 2. The molecule has 1 unspecified atom stereocenters. The van der Waals surface area contributed by atoms with E-state index in [-0.39, 0.29) is 19.6 Å². The van der Waals surface area contributed by atoms with Gasteiger partial charge in [-0.15, -0.1) is 0 Å². The Morgan fingerprint density at radius 1 is 1.47 bits per heavy atom. The standard InChI is InChI=1S/C11H19F2NO3/c1-10(2,3)17-9(15)14-6-5-11(12,13)8(14)7-16-4/h8H,5-7H2,1-4H3. The number of carbonyl (C=O) groups excluding carboxylic acids is 1. The van der Waals surface area contributed by atoms with E-state index >= 15 is 0 Å². The van der Waals surface area contributed by atoms with E-state index in [1.165, 1.54) is 7.11 Å². The van der Waals surface area contributed by atoms with Gasteiger partial charge in [-0.25, -0.2) is 13.6 Å². The van der Waals surface area contributed by atoms with Crippen molar-refractivity contribution in [2.75, 3.05) is 20.3 Å². The predicted octanol–water partition coefficient (Wildman–Crippen LogP) is 2.28. The number of alkyl halides is 2. The lowest BCUT2D eigenvalue weighted by molar-refractivity contribution is -0.0622. The van der Waals surface area contributed by atoms with Crippen molar-refractivity contribution in [2.45, 2.75) is 44.8 Å². The molecule has 1 saturated heterocycles. The molecule has 0 N–H and O–H groups in total. The summed E-state index contributed by atoms with van der Waals surface area (Å²) in [6.45, 7) is 4.90. The summed E-state index contributed by atoms with van der Waals surface area (Å²) in [6, 6.07) is -1.23. The third kappa shape index (κ3) is 3.52. The van der Waals surface area contributed by atoms with Gasteiger partial charge < -0.3 is 9.47 Å². The number of carbonyl (C=O) groups is 1. The van der Waals surface area contributed by atoms with Crippen LogP contribution < -0.4 is 0 Å². The average Bonchev–Trinajstić information content (AvgIpc) is 2.40. The second-order valence-corrected chi connectivity index (χ2v) is 5.16. The molecule has 17 heavy (non-hydrogen) atoms. The number of nitrogens with zero attached hydrogens (tertiary/aromatic N) is 1. The Morgan fingerprint density at radius 2 is 2.06 bits per heavy atom. The molecule has 1 fully saturated rings. The zero-order valence-corrected chi connectivity index (χ0v) is 10.6. The third-order valence-electron chi connectivity index (χ3n) is 2.50. The zero-order valence-electron chi connectivity index (χ0n) is 10.6. The number of hydrogen-bond acceptors (Lipinski definition) is 3. The van der Waals surface area contributed by atoms with E-state index in [4.69, 9.17) is 9.47 Å². The molecule has 0 aromatic rings. The molecule has 1 atom stereocenters. The van der Waals surface area contributed by atoms with Crippen LogP contribution in [0.2, 0.25) is 0 Å². The maximum Gasteiger partial charge on any atom is 0.410 e. The summed E-state index contributed by atoms with van der Waals surface area (Å²) in [5.41, 5.74) is -0.688. The van der Waals surface area contributed by atoms with Crippen LogP contribution >= 0.6 is 0 Å². The van der Waals surface area contributed by atoms with Gasteiger partial charge in [-0.05, 0) is 20.8 Å². The molecule has 100 valence electrons. The molecule has 1 aliphatic rings. The number of amides is 1. The van der Waals surface area contributed by atoms with Crippen LogP contribution in [0.5, 0.6) is 0 Å². The van der Waals surface area contributed by atoms with E-state index in [0.29, 0.717) is 0 Å². The van der Waals surface area contributed by atoms with Crippen molar-refractivity contribution in [1.82, 2.24) is 4.90 Å². The van der Waals surface area contributed by atoms with Crippen molar-refractivity contribution >= 4 is 6.09 Å². The van der Waals surface area contributed by atoms with Crippen molar-refractivity contribution in [3.05, 3.63) is 0 Å². The van der Waals surface area contributed by atoms with Gasteiger partial charge in [0.25, 0.3) is 5.92 Å². The average molecular weight is 251 g/mol. The van der Waals surface area contributed by atoms with E-state index < -0.39 is 23.7 Å². The van der Waals surface area contributed by atoms with Crippen LogP contribution in [0.4, 0.5) is 13.6 Å². The molecule has 0 aromatic heterocycles. The van der Waals surface area contributed by atoms with Gasteiger partial charge in [-0.1, -0.05) is 0 Å². The smallest absolute Gasteiger partial charge is 0.410 e. The van der Waals surface area contributed by atoms with Crippen molar-refractivity contribution in [3.63, 3.8) is 0 Å². The van der Waals surface area contributed by atoms with Crippen LogP contribution in [0, 0.1) is 0 Å². The van der Waals surface area contributed by atoms with Gasteiger partial charge >= 0.3 is 6.09 Å². The monoisotopic (exact) mass is 251 g/mol. The minimum Gasteiger partial charge on any atom is -0.444 e. The first-order chi connectivity index (χ1) is 7.67. The minimum atomic E-state index is -2.91. The fourth-order valence-electron chi connectivity index (χ4n) is 1.73. The molecule has 6 heteroatoms.